The van der Waals surface area contributed by atoms with Gasteiger partial charge in [-0.2, -0.15) is 4.68 Å². The Morgan fingerprint density at radius 3 is 2.92 bits per heavy atom. The van der Waals surface area contributed by atoms with Crippen molar-refractivity contribution in [2.24, 2.45) is 0 Å². The average molecular weight is 369 g/mol. The summed E-state index contributed by atoms with van der Waals surface area (Å²) in [6, 6.07) is 6.28. The molecule has 0 spiro atoms. The summed E-state index contributed by atoms with van der Waals surface area (Å²) < 4.78 is 1.17. The van der Waals surface area contributed by atoms with Crippen molar-refractivity contribution in [3.8, 4) is 0 Å². The second-order valence-corrected chi connectivity index (χ2v) is 7.45. The SMILES string of the molecule is CCC(C(=O)Nc1nc2c(s1)CCCC2)n1nnc2ccccc2c1=O. The second kappa shape index (κ2) is 6.95. The van der Waals surface area contributed by atoms with E-state index in [4.69, 9.17) is 0 Å². The number of amides is 1. The minimum atomic E-state index is -0.722. The average Bonchev–Trinajstić information content (AvgIpc) is 3.06. The maximum absolute atomic E-state index is 12.8. The molecule has 1 aromatic carbocycles. The summed E-state index contributed by atoms with van der Waals surface area (Å²) in [4.78, 5) is 31.3. The molecule has 0 radical (unpaired) electrons. The van der Waals surface area contributed by atoms with Crippen LogP contribution in [0.4, 0.5) is 5.13 Å². The molecule has 26 heavy (non-hydrogen) atoms. The number of thiazole rings is 1. The number of anilines is 1. The number of nitrogens with one attached hydrogen (secondary N) is 1. The topological polar surface area (TPSA) is 89.8 Å². The van der Waals surface area contributed by atoms with Gasteiger partial charge in [-0.1, -0.05) is 24.3 Å². The molecule has 0 bridgehead atoms. The fourth-order valence-electron chi connectivity index (χ4n) is 3.27. The lowest BCUT2D eigenvalue weighted by Gasteiger charge is -2.15. The Balaban J connectivity index is 1.62. The van der Waals surface area contributed by atoms with E-state index in [1.165, 1.54) is 27.3 Å². The molecule has 134 valence electrons. The van der Waals surface area contributed by atoms with Crippen molar-refractivity contribution in [3.05, 3.63) is 45.2 Å². The highest BCUT2D eigenvalue weighted by Gasteiger charge is 2.24. The van der Waals surface area contributed by atoms with Crippen LogP contribution in [-0.2, 0) is 17.6 Å². The van der Waals surface area contributed by atoms with E-state index >= 15 is 0 Å². The molecular formula is C18H19N5O2S. The third-order valence-electron chi connectivity index (χ3n) is 4.65. The summed E-state index contributed by atoms with van der Waals surface area (Å²) >= 11 is 1.53. The molecule has 1 amide bonds. The van der Waals surface area contributed by atoms with E-state index in [9.17, 15) is 9.59 Å². The Labute approximate surface area is 154 Å². The van der Waals surface area contributed by atoms with Crippen molar-refractivity contribution in [2.75, 3.05) is 5.32 Å². The fourth-order valence-corrected chi connectivity index (χ4v) is 4.32. The Kier molecular flexibility index (Phi) is 4.50. The minimum absolute atomic E-state index is 0.287. The van der Waals surface area contributed by atoms with Crippen LogP contribution in [0.15, 0.2) is 29.1 Å². The van der Waals surface area contributed by atoms with Gasteiger partial charge in [0, 0.05) is 4.88 Å². The molecule has 4 rings (SSSR count). The van der Waals surface area contributed by atoms with Gasteiger partial charge >= 0.3 is 0 Å². The zero-order valence-electron chi connectivity index (χ0n) is 14.4. The van der Waals surface area contributed by atoms with Gasteiger partial charge in [0.25, 0.3) is 11.5 Å². The lowest BCUT2D eigenvalue weighted by molar-refractivity contribution is -0.119. The normalized spacial score (nSPS) is 14.8. The van der Waals surface area contributed by atoms with Crippen LogP contribution in [0.3, 0.4) is 0 Å². The van der Waals surface area contributed by atoms with E-state index in [2.05, 4.69) is 20.6 Å². The third kappa shape index (κ3) is 3.01. The van der Waals surface area contributed by atoms with Gasteiger partial charge in [0.2, 0.25) is 0 Å². The first-order valence-corrected chi connectivity index (χ1v) is 9.62. The molecule has 1 N–H and O–H groups in total. The first-order valence-electron chi connectivity index (χ1n) is 8.81. The van der Waals surface area contributed by atoms with Crippen molar-refractivity contribution in [1.82, 2.24) is 20.0 Å². The fraction of sp³-hybridized carbons (Fsp3) is 0.389. The van der Waals surface area contributed by atoms with E-state index in [1.807, 2.05) is 6.92 Å². The first kappa shape index (κ1) is 16.8. The molecular weight excluding hydrogens is 350 g/mol. The molecule has 1 atom stereocenters. The minimum Gasteiger partial charge on any atom is -0.300 e. The summed E-state index contributed by atoms with van der Waals surface area (Å²) in [6.07, 6.45) is 4.74. The van der Waals surface area contributed by atoms with Crippen molar-refractivity contribution < 1.29 is 4.79 Å². The van der Waals surface area contributed by atoms with Crippen LogP contribution in [0.5, 0.6) is 0 Å². The smallest absolute Gasteiger partial charge is 0.278 e. The maximum Gasteiger partial charge on any atom is 0.278 e. The number of aryl methyl sites for hydroxylation is 2. The van der Waals surface area contributed by atoms with E-state index < -0.39 is 6.04 Å². The predicted octanol–water partition coefficient (Wildman–Crippen LogP) is 2.72. The highest BCUT2D eigenvalue weighted by Crippen LogP contribution is 2.30. The molecule has 1 aliphatic carbocycles. The summed E-state index contributed by atoms with van der Waals surface area (Å²) in [7, 11) is 0. The highest BCUT2D eigenvalue weighted by molar-refractivity contribution is 7.15. The number of rotatable bonds is 4. The van der Waals surface area contributed by atoms with Gasteiger partial charge in [-0.15, -0.1) is 16.4 Å². The second-order valence-electron chi connectivity index (χ2n) is 6.37. The van der Waals surface area contributed by atoms with E-state index in [-0.39, 0.29) is 11.5 Å². The van der Waals surface area contributed by atoms with Crippen LogP contribution in [0.1, 0.15) is 42.8 Å². The van der Waals surface area contributed by atoms with Gasteiger partial charge in [0.1, 0.15) is 11.6 Å². The van der Waals surface area contributed by atoms with Crippen LogP contribution in [0.25, 0.3) is 10.9 Å². The number of hydrogen-bond donors (Lipinski definition) is 1. The van der Waals surface area contributed by atoms with Crippen molar-refractivity contribution in [1.29, 1.82) is 0 Å². The van der Waals surface area contributed by atoms with E-state index in [1.54, 1.807) is 24.3 Å². The van der Waals surface area contributed by atoms with Crippen LogP contribution >= 0.6 is 11.3 Å². The standard InChI is InChI=1S/C18H19N5O2S/c1-2-14(23-17(25)11-7-3-4-8-12(11)21-22-23)16(24)20-18-19-13-9-5-6-10-15(13)26-18/h3-4,7-8,14H,2,5-6,9-10H2,1H3,(H,19,20,24). The zero-order valence-corrected chi connectivity index (χ0v) is 15.3. The number of carbonyl (C=O) groups excluding carboxylic acids is 1. The molecule has 8 heteroatoms. The van der Waals surface area contributed by atoms with E-state index in [0.717, 1.165) is 25.0 Å². The Bertz CT molecular complexity index is 1000. The number of hydrogen-bond acceptors (Lipinski definition) is 6. The summed E-state index contributed by atoms with van der Waals surface area (Å²) in [5, 5.41) is 12.0. The third-order valence-corrected chi connectivity index (χ3v) is 5.72. The molecule has 0 aliphatic heterocycles. The summed E-state index contributed by atoms with van der Waals surface area (Å²) in [5.41, 5.74) is 1.31. The van der Waals surface area contributed by atoms with Gasteiger partial charge < -0.3 is 5.32 Å². The predicted molar refractivity (Wildman–Crippen MR) is 101 cm³/mol. The van der Waals surface area contributed by atoms with Gasteiger partial charge in [0.15, 0.2) is 5.13 Å². The van der Waals surface area contributed by atoms with Crippen molar-refractivity contribution in [2.45, 2.75) is 45.1 Å². The number of nitrogens with zero attached hydrogens (tertiary/aromatic N) is 4. The lowest BCUT2D eigenvalue weighted by atomic mass is 10.0. The van der Waals surface area contributed by atoms with Crippen molar-refractivity contribution in [3.63, 3.8) is 0 Å². The Morgan fingerprint density at radius 2 is 2.12 bits per heavy atom. The number of aromatic nitrogens is 4. The quantitative estimate of drug-likeness (QED) is 0.764. The number of fused-ring (bicyclic) bond motifs is 2. The molecule has 1 aliphatic rings. The lowest BCUT2D eigenvalue weighted by Crippen LogP contribution is -2.35. The molecule has 1 unspecified atom stereocenters. The molecule has 2 aromatic heterocycles. The highest BCUT2D eigenvalue weighted by atomic mass is 32.1. The Morgan fingerprint density at radius 1 is 1.31 bits per heavy atom. The van der Waals surface area contributed by atoms with Crippen LogP contribution in [0, 0.1) is 0 Å². The number of carbonyl (C=O) groups is 1. The summed E-state index contributed by atoms with van der Waals surface area (Å²) in [6.45, 7) is 1.85. The van der Waals surface area contributed by atoms with E-state index in [0.29, 0.717) is 22.5 Å². The van der Waals surface area contributed by atoms with Crippen LogP contribution in [0.2, 0.25) is 0 Å². The molecule has 0 fully saturated rings. The summed E-state index contributed by atoms with van der Waals surface area (Å²) in [5.74, 6) is -0.287. The van der Waals surface area contributed by atoms with Crippen LogP contribution in [-0.4, -0.2) is 25.9 Å². The molecule has 0 saturated heterocycles. The number of benzene rings is 1. The van der Waals surface area contributed by atoms with Crippen LogP contribution < -0.4 is 10.9 Å². The maximum atomic E-state index is 12.8. The monoisotopic (exact) mass is 369 g/mol. The Hall–Kier alpha value is -2.61. The van der Waals surface area contributed by atoms with Gasteiger partial charge in [-0.3, -0.25) is 9.59 Å². The molecule has 2 heterocycles. The molecule has 0 saturated carbocycles. The van der Waals surface area contributed by atoms with Gasteiger partial charge in [-0.25, -0.2) is 4.98 Å². The van der Waals surface area contributed by atoms with Crippen molar-refractivity contribution >= 4 is 33.3 Å². The first-order chi connectivity index (χ1) is 12.7. The molecule has 7 nitrogen and oxygen atoms in total. The molecule has 3 aromatic rings. The zero-order chi connectivity index (χ0) is 18.1. The largest absolute Gasteiger partial charge is 0.300 e. The van der Waals surface area contributed by atoms with Gasteiger partial charge in [-0.05, 0) is 44.2 Å². The van der Waals surface area contributed by atoms with Gasteiger partial charge in [0.05, 0.1) is 11.1 Å².